The first-order chi connectivity index (χ1) is 15.0. The summed E-state index contributed by atoms with van der Waals surface area (Å²) in [7, 11) is 1.71. The van der Waals surface area contributed by atoms with Crippen LogP contribution >= 0.6 is 11.8 Å². The number of benzene rings is 2. The van der Waals surface area contributed by atoms with Crippen LogP contribution in [0.3, 0.4) is 0 Å². The van der Waals surface area contributed by atoms with Crippen molar-refractivity contribution in [1.29, 1.82) is 0 Å². The number of rotatable bonds is 6. The number of fused-ring (bicyclic) bond motifs is 2. The Morgan fingerprint density at radius 3 is 2.65 bits per heavy atom. The Morgan fingerprint density at radius 2 is 1.94 bits per heavy atom. The molecule has 1 heterocycles. The molecule has 4 rings (SSSR count). The van der Waals surface area contributed by atoms with Gasteiger partial charge in [-0.2, -0.15) is 11.8 Å². The number of nitrogens with one attached hydrogen (secondary N) is 1. The summed E-state index contributed by atoms with van der Waals surface area (Å²) in [5.41, 5.74) is 2.52. The maximum absolute atomic E-state index is 14.1. The number of amides is 1. The van der Waals surface area contributed by atoms with E-state index in [2.05, 4.69) is 22.3 Å². The maximum Gasteiger partial charge on any atom is 0.230 e. The van der Waals surface area contributed by atoms with E-state index in [1.54, 1.807) is 19.2 Å². The van der Waals surface area contributed by atoms with Gasteiger partial charge in [0.2, 0.25) is 5.91 Å². The molecule has 1 saturated heterocycles. The number of piperidine rings is 1. The van der Waals surface area contributed by atoms with Crippen LogP contribution in [0.5, 0.6) is 0 Å². The smallest absolute Gasteiger partial charge is 0.230 e. The Hall–Kier alpha value is -1.96. The molecule has 166 valence electrons. The van der Waals surface area contributed by atoms with Gasteiger partial charge in [-0.15, -0.1) is 0 Å². The summed E-state index contributed by atoms with van der Waals surface area (Å²) >= 11 is 1.50. The normalized spacial score (nSPS) is 22.5. The molecular formula is C24H28F2N2O2S. The number of hydrogen-bond acceptors (Lipinski definition) is 4. The van der Waals surface area contributed by atoms with E-state index >= 15 is 0 Å². The minimum absolute atomic E-state index is 0.00502. The van der Waals surface area contributed by atoms with Crippen LogP contribution in [0.4, 0.5) is 8.78 Å². The van der Waals surface area contributed by atoms with Gasteiger partial charge in [0.15, 0.2) is 11.6 Å². The summed E-state index contributed by atoms with van der Waals surface area (Å²) in [4.78, 5) is 14.6. The number of carbonyl (C=O) groups excluding carboxylic acids is 1. The fraction of sp³-hybridized carbons (Fsp3) is 0.458. The summed E-state index contributed by atoms with van der Waals surface area (Å²) in [6, 6.07) is 12.4. The molecule has 2 atom stereocenters. The minimum Gasteiger partial charge on any atom is -0.378 e. The highest BCUT2D eigenvalue weighted by atomic mass is 32.2. The van der Waals surface area contributed by atoms with Gasteiger partial charge in [-0.25, -0.2) is 8.78 Å². The first-order valence-corrected chi connectivity index (χ1v) is 12.0. The Labute approximate surface area is 186 Å². The summed E-state index contributed by atoms with van der Waals surface area (Å²) < 4.78 is 33.7. The molecule has 2 aromatic rings. The van der Waals surface area contributed by atoms with Gasteiger partial charge in [-0.3, -0.25) is 9.69 Å². The van der Waals surface area contributed by atoms with Gasteiger partial charge in [-0.1, -0.05) is 36.4 Å². The van der Waals surface area contributed by atoms with Crippen molar-refractivity contribution >= 4 is 17.7 Å². The van der Waals surface area contributed by atoms with Crippen molar-refractivity contribution in [2.24, 2.45) is 0 Å². The second-order valence-electron chi connectivity index (χ2n) is 8.37. The number of hydrogen-bond donors (Lipinski definition) is 1. The fourth-order valence-electron chi connectivity index (χ4n) is 5.29. The van der Waals surface area contributed by atoms with Crippen molar-refractivity contribution in [3.63, 3.8) is 0 Å². The van der Waals surface area contributed by atoms with E-state index in [1.165, 1.54) is 17.3 Å². The number of methoxy groups -OCH3 is 1. The van der Waals surface area contributed by atoms with Crippen LogP contribution in [0, 0.1) is 11.6 Å². The van der Waals surface area contributed by atoms with Gasteiger partial charge in [0.1, 0.15) is 0 Å². The molecule has 0 bridgehead atoms. The van der Waals surface area contributed by atoms with E-state index in [0.717, 1.165) is 37.6 Å². The minimum atomic E-state index is -0.807. The van der Waals surface area contributed by atoms with Gasteiger partial charge < -0.3 is 10.1 Å². The standard InChI is InChI=1S/C24H28F2N2O2S/c1-30-23-22(27-20(29)15-31-2)17-7-3-4-8-18(17)24(23)10-12-28(13-11-24)14-16-6-5-9-19(25)21(16)26/h3-9,22-23H,10-15H2,1-2H3,(H,27,29)/t22-,23+/m1/s1. The number of nitrogens with zero attached hydrogens (tertiary/aromatic N) is 1. The summed E-state index contributed by atoms with van der Waals surface area (Å²) in [6.45, 7) is 1.87. The van der Waals surface area contributed by atoms with Crippen LogP contribution in [0.25, 0.3) is 0 Å². The second kappa shape index (κ2) is 9.27. The van der Waals surface area contributed by atoms with E-state index in [4.69, 9.17) is 4.74 Å². The number of carbonyl (C=O) groups is 1. The van der Waals surface area contributed by atoms with E-state index in [9.17, 15) is 13.6 Å². The highest BCUT2D eigenvalue weighted by Gasteiger charge is 2.53. The molecule has 1 amide bonds. The Bertz CT molecular complexity index is 947. The van der Waals surface area contributed by atoms with Crippen LogP contribution in [0.15, 0.2) is 42.5 Å². The Kier molecular flexibility index (Phi) is 6.65. The number of ether oxygens (including phenoxy) is 1. The van der Waals surface area contributed by atoms with Crippen LogP contribution < -0.4 is 5.32 Å². The van der Waals surface area contributed by atoms with E-state index in [-0.39, 0.29) is 23.5 Å². The molecule has 1 N–H and O–H groups in total. The predicted octanol–water partition coefficient (Wildman–Crippen LogP) is 4.05. The third kappa shape index (κ3) is 4.11. The first kappa shape index (κ1) is 22.2. The molecule has 0 saturated carbocycles. The highest BCUT2D eigenvalue weighted by Crippen LogP contribution is 2.52. The van der Waals surface area contributed by atoms with Gasteiger partial charge in [0.05, 0.1) is 17.9 Å². The lowest BCUT2D eigenvalue weighted by atomic mass is 9.72. The molecule has 1 aliphatic carbocycles. The van der Waals surface area contributed by atoms with Gasteiger partial charge in [-0.05, 0) is 49.4 Å². The van der Waals surface area contributed by atoms with Crippen molar-refractivity contribution in [2.75, 3.05) is 32.2 Å². The van der Waals surface area contributed by atoms with E-state index in [1.807, 2.05) is 18.4 Å². The van der Waals surface area contributed by atoms with Gasteiger partial charge >= 0.3 is 0 Å². The Balaban J connectivity index is 1.55. The molecule has 2 aliphatic rings. The van der Waals surface area contributed by atoms with Crippen molar-refractivity contribution in [3.8, 4) is 0 Å². The van der Waals surface area contributed by atoms with Crippen LogP contribution in [0.2, 0.25) is 0 Å². The predicted molar refractivity (Wildman–Crippen MR) is 119 cm³/mol. The van der Waals surface area contributed by atoms with Crippen molar-refractivity contribution in [1.82, 2.24) is 10.2 Å². The quantitative estimate of drug-likeness (QED) is 0.727. The first-order valence-electron chi connectivity index (χ1n) is 10.6. The fourth-order valence-corrected chi connectivity index (χ4v) is 5.64. The zero-order valence-corrected chi connectivity index (χ0v) is 18.7. The van der Waals surface area contributed by atoms with Gasteiger partial charge in [0, 0.05) is 24.6 Å². The monoisotopic (exact) mass is 446 g/mol. The molecule has 2 aromatic carbocycles. The molecule has 0 aromatic heterocycles. The Morgan fingerprint density at radius 1 is 1.19 bits per heavy atom. The number of halogens is 2. The SMILES string of the molecule is CO[C@H]1[C@H](NC(=O)CSC)c2ccccc2C12CCN(Cc1cccc(F)c1F)CC2. The molecule has 1 aliphatic heterocycles. The van der Waals surface area contributed by atoms with E-state index in [0.29, 0.717) is 17.9 Å². The van der Waals surface area contributed by atoms with Crippen molar-refractivity contribution in [3.05, 3.63) is 70.8 Å². The molecule has 0 radical (unpaired) electrons. The van der Waals surface area contributed by atoms with Crippen molar-refractivity contribution in [2.45, 2.75) is 36.9 Å². The van der Waals surface area contributed by atoms with Crippen LogP contribution in [-0.4, -0.2) is 49.1 Å². The maximum atomic E-state index is 14.1. The second-order valence-corrected chi connectivity index (χ2v) is 9.23. The number of thioether (sulfide) groups is 1. The van der Waals surface area contributed by atoms with Crippen LogP contribution in [-0.2, 0) is 21.5 Å². The van der Waals surface area contributed by atoms with Gasteiger partial charge in [0.25, 0.3) is 0 Å². The zero-order valence-electron chi connectivity index (χ0n) is 17.9. The summed E-state index contributed by atoms with van der Waals surface area (Å²) in [5, 5.41) is 3.18. The third-order valence-electron chi connectivity index (χ3n) is 6.70. The molecule has 0 unspecified atom stereocenters. The average Bonchev–Trinajstić information content (AvgIpc) is 3.02. The lowest BCUT2D eigenvalue weighted by molar-refractivity contribution is -0.121. The summed E-state index contributed by atoms with van der Waals surface area (Å²) in [5.74, 6) is -1.15. The molecule has 1 fully saturated rings. The lowest BCUT2D eigenvalue weighted by Gasteiger charge is -2.44. The molecule has 31 heavy (non-hydrogen) atoms. The zero-order chi connectivity index (χ0) is 22.0. The van der Waals surface area contributed by atoms with Crippen LogP contribution in [0.1, 0.15) is 35.6 Å². The largest absolute Gasteiger partial charge is 0.378 e. The molecule has 1 spiro atoms. The summed E-state index contributed by atoms with van der Waals surface area (Å²) in [6.07, 6.45) is 3.40. The third-order valence-corrected chi connectivity index (χ3v) is 7.25. The molecule has 4 nitrogen and oxygen atoms in total. The lowest BCUT2D eigenvalue weighted by Crippen LogP contribution is -2.50. The molecule has 7 heteroatoms. The van der Waals surface area contributed by atoms with Crippen molar-refractivity contribution < 1.29 is 18.3 Å². The topological polar surface area (TPSA) is 41.6 Å². The molecular weight excluding hydrogens is 418 g/mol. The number of likely N-dealkylation sites (tertiary alicyclic amines) is 1. The highest BCUT2D eigenvalue weighted by molar-refractivity contribution is 7.99. The average molecular weight is 447 g/mol. The van der Waals surface area contributed by atoms with E-state index < -0.39 is 11.6 Å².